The van der Waals surface area contributed by atoms with Crippen LogP contribution in [-0.4, -0.2) is 42.5 Å². The van der Waals surface area contributed by atoms with Gasteiger partial charge in [-0.2, -0.15) is 0 Å². The lowest BCUT2D eigenvalue weighted by Crippen LogP contribution is -2.15. The minimum Gasteiger partial charge on any atom is -0.478 e. The van der Waals surface area contributed by atoms with Gasteiger partial charge in [-0.05, 0) is 26.6 Å². The molecule has 0 aliphatic heterocycles. The topological polar surface area (TPSA) is 83.6 Å². The van der Waals surface area contributed by atoms with Crippen LogP contribution in [0.25, 0.3) is 0 Å². The molecule has 0 saturated heterocycles. The van der Waals surface area contributed by atoms with Gasteiger partial charge in [-0.15, -0.1) is 0 Å². The van der Waals surface area contributed by atoms with E-state index >= 15 is 0 Å². The highest BCUT2D eigenvalue weighted by molar-refractivity contribution is 5.85. The third kappa shape index (κ3) is 15.2. The summed E-state index contributed by atoms with van der Waals surface area (Å²) < 4.78 is 0. The van der Waals surface area contributed by atoms with Crippen LogP contribution in [0.2, 0.25) is 0 Å². The standard InChI is InChI=1S/C7H13NO2.C3H5NO/c1-6(7(9)10)4-5-8(2)3;1-2-3(4)5/h1,4-5H2,2-3H3,(H,9,10);2H,1H2,(H2,4,5). The van der Waals surface area contributed by atoms with Gasteiger partial charge in [-0.1, -0.05) is 13.2 Å². The number of carboxylic acid groups (broad SMARTS) is 1. The Bertz CT molecular complexity index is 247. The Morgan fingerprint density at radius 3 is 2.07 bits per heavy atom. The molecule has 0 aliphatic carbocycles. The van der Waals surface area contributed by atoms with E-state index < -0.39 is 11.9 Å². The van der Waals surface area contributed by atoms with E-state index in [1.165, 1.54) is 0 Å². The fourth-order valence-corrected chi connectivity index (χ4v) is 0.465. The molecule has 0 spiro atoms. The Kier molecular flexibility index (Phi) is 9.45. The van der Waals surface area contributed by atoms with Crippen LogP contribution in [0.4, 0.5) is 0 Å². The average molecular weight is 214 g/mol. The number of aliphatic carboxylic acids is 1. The molecule has 1 amide bonds. The molecule has 15 heavy (non-hydrogen) atoms. The predicted molar refractivity (Wildman–Crippen MR) is 59.3 cm³/mol. The summed E-state index contributed by atoms with van der Waals surface area (Å²) in [5.41, 5.74) is 4.81. The molecule has 0 rings (SSSR count). The number of carbonyl (C=O) groups is 2. The summed E-state index contributed by atoms with van der Waals surface area (Å²) in [6.07, 6.45) is 1.59. The van der Waals surface area contributed by atoms with Gasteiger partial charge >= 0.3 is 5.97 Å². The third-order valence-corrected chi connectivity index (χ3v) is 1.36. The largest absolute Gasteiger partial charge is 0.478 e. The molecule has 0 aromatic heterocycles. The van der Waals surface area contributed by atoms with Crippen molar-refractivity contribution in [3.8, 4) is 0 Å². The Labute approximate surface area is 89.9 Å². The van der Waals surface area contributed by atoms with Crippen molar-refractivity contribution in [3.63, 3.8) is 0 Å². The van der Waals surface area contributed by atoms with Crippen molar-refractivity contribution in [1.29, 1.82) is 0 Å². The first-order valence-electron chi connectivity index (χ1n) is 4.29. The molecule has 5 heteroatoms. The zero-order valence-corrected chi connectivity index (χ0v) is 9.19. The first kappa shape index (κ1) is 15.8. The van der Waals surface area contributed by atoms with Gasteiger partial charge in [0, 0.05) is 12.1 Å². The van der Waals surface area contributed by atoms with Crippen molar-refractivity contribution in [3.05, 3.63) is 24.8 Å². The summed E-state index contributed by atoms with van der Waals surface area (Å²) >= 11 is 0. The monoisotopic (exact) mass is 214 g/mol. The van der Waals surface area contributed by atoms with Crippen LogP contribution in [-0.2, 0) is 9.59 Å². The molecule has 0 saturated carbocycles. The second-order valence-electron chi connectivity index (χ2n) is 3.07. The number of hydrogen-bond donors (Lipinski definition) is 2. The first-order chi connectivity index (χ1) is 6.81. The molecule has 0 radical (unpaired) electrons. The molecule has 86 valence electrons. The fourth-order valence-electron chi connectivity index (χ4n) is 0.465. The molecule has 0 heterocycles. The molecular formula is C10H18N2O3. The molecule has 0 atom stereocenters. The number of hydrogen-bond acceptors (Lipinski definition) is 3. The minimum absolute atomic E-state index is 0.272. The molecule has 0 unspecified atom stereocenters. The van der Waals surface area contributed by atoms with Gasteiger partial charge in [0.25, 0.3) is 0 Å². The summed E-state index contributed by atoms with van der Waals surface area (Å²) in [6.45, 7) is 7.23. The smallest absolute Gasteiger partial charge is 0.331 e. The first-order valence-corrected chi connectivity index (χ1v) is 4.29. The maximum atomic E-state index is 10.2. The van der Waals surface area contributed by atoms with E-state index in [-0.39, 0.29) is 5.57 Å². The second kappa shape index (κ2) is 8.96. The molecular weight excluding hydrogens is 196 g/mol. The Balaban J connectivity index is 0. The van der Waals surface area contributed by atoms with Gasteiger partial charge in [0.1, 0.15) is 0 Å². The van der Waals surface area contributed by atoms with Crippen LogP contribution in [0.15, 0.2) is 24.8 Å². The molecule has 0 aromatic rings. The highest BCUT2D eigenvalue weighted by Gasteiger charge is 2.02. The predicted octanol–water partition coefficient (Wildman–Crippen LogP) is 0.237. The summed E-state index contributed by atoms with van der Waals surface area (Å²) in [5.74, 6) is -1.38. The van der Waals surface area contributed by atoms with Gasteiger partial charge in [-0.25, -0.2) is 4.79 Å². The number of carbonyl (C=O) groups excluding carboxylic acids is 1. The van der Waals surface area contributed by atoms with Crippen LogP contribution >= 0.6 is 0 Å². The molecule has 0 aromatic carbocycles. The lowest BCUT2D eigenvalue weighted by Gasteiger charge is -2.07. The summed E-state index contributed by atoms with van der Waals surface area (Å²) in [7, 11) is 3.80. The molecule has 0 bridgehead atoms. The van der Waals surface area contributed by atoms with Crippen molar-refractivity contribution >= 4 is 11.9 Å². The summed E-state index contributed by atoms with van der Waals surface area (Å²) in [5, 5.41) is 8.38. The fraction of sp³-hybridized carbons (Fsp3) is 0.400. The van der Waals surface area contributed by atoms with E-state index in [0.717, 1.165) is 12.6 Å². The average Bonchev–Trinajstić information content (AvgIpc) is 2.14. The van der Waals surface area contributed by atoms with Gasteiger partial charge in [0.05, 0.1) is 0 Å². The van der Waals surface area contributed by atoms with E-state index in [9.17, 15) is 9.59 Å². The summed E-state index contributed by atoms with van der Waals surface area (Å²) in [6, 6.07) is 0. The van der Waals surface area contributed by atoms with Crippen LogP contribution < -0.4 is 5.73 Å². The summed E-state index contributed by atoms with van der Waals surface area (Å²) in [4.78, 5) is 21.6. The van der Waals surface area contributed by atoms with E-state index in [4.69, 9.17) is 5.11 Å². The molecule has 0 aliphatic rings. The molecule has 0 fully saturated rings. The van der Waals surface area contributed by atoms with E-state index in [0.29, 0.717) is 6.42 Å². The van der Waals surface area contributed by atoms with Crippen molar-refractivity contribution < 1.29 is 14.7 Å². The zero-order chi connectivity index (χ0) is 12.4. The maximum Gasteiger partial charge on any atom is 0.331 e. The number of carboxylic acids is 1. The van der Waals surface area contributed by atoms with Gasteiger partial charge in [0.15, 0.2) is 0 Å². The van der Waals surface area contributed by atoms with Crippen molar-refractivity contribution in [1.82, 2.24) is 4.90 Å². The number of rotatable bonds is 5. The quantitative estimate of drug-likeness (QED) is 0.642. The highest BCUT2D eigenvalue weighted by Crippen LogP contribution is 1.97. The van der Waals surface area contributed by atoms with E-state index in [1.807, 2.05) is 19.0 Å². The molecule has 3 N–H and O–H groups in total. The lowest BCUT2D eigenvalue weighted by atomic mass is 10.2. The van der Waals surface area contributed by atoms with E-state index in [1.54, 1.807) is 0 Å². The highest BCUT2D eigenvalue weighted by atomic mass is 16.4. The Morgan fingerprint density at radius 1 is 1.47 bits per heavy atom. The van der Waals surface area contributed by atoms with Crippen molar-refractivity contribution in [2.45, 2.75) is 6.42 Å². The Morgan fingerprint density at radius 2 is 1.87 bits per heavy atom. The SMILES string of the molecule is C=C(CCN(C)C)C(=O)O.C=CC(N)=O. The number of nitrogens with two attached hydrogens (primary N) is 1. The number of nitrogens with zero attached hydrogens (tertiary/aromatic N) is 1. The number of primary amides is 1. The maximum absolute atomic E-state index is 10.2. The van der Waals surface area contributed by atoms with Crippen LogP contribution in [0.5, 0.6) is 0 Å². The van der Waals surface area contributed by atoms with Gasteiger partial charge < -0.3 is 15.7 Å². The van der Waals surface area contributed by atoms with Crippen LogP contribution in [0, 0.1) is 0 Å². The van der Waals surface area contributed by atoms with Crippen LogP contribution in [0.3, 0.4) is 0 Å². The van der Waals surface area contributed by atoms with Crippen molar-refractivity contribution in [2.24, 2.45) is 5.73 Å². The second-order valence-corrected chi connectivity index (χ2v) is 3.07. The lowest BCUT2D eigenvalue weighted by molar-refractivity contribution is -0.132. The zero-order valence-electron chi connectivity index (χ0n) is 9.19. The van der Waals surface area contributed by atoms with Crippen molar-refractivity contribution in [2.75, 3.05) is 20.6 Å². The van der Waals surface area contributed by atoms with E-state index in [2.05, 4.69) is 18.9 Å². The van der Waals surface area contributed by atoms with Crippen LogP contribution in [0.1, 0.15) is 6.42 Å². The number of amides is 1. The van der Waals surface area contributed by atoms with Gasteiger partial charge in [0.2, 0.25) is 5.91 Å². The third-order valence-electron chi connectivity index (χ3n) is 1.36. The van der Waals surface area contributed by atoms with Gasteiger partial charge in [-0.3, -0.25) is 4.79 Å². The molecule has 5 nitrogen and oxygen atoms in total. The minimum atomic E-state index is -0.901. The Hall–Kier alpha value is -1.62. The normalized spacial score (nSPS) is 8.73.